The van der Waals surface area contributed by atoms with E-state index in [1.165, 1.54) is 6.42 Å². The van der Waals surface area contributed by atoms with E-state index < -0.39 is 0 Å². The van der Waals surface area contributed by atoms with Gasteiger partial charge in [0, 0.05) is 11.6 Å². The molecular weight excluding hydrogens is 228 g/mol. The van der Waals surface area contributed by atoms with E-state index in [4.69, 9.17) is 10.5 Å². The highest BCUT2D eigenvalue weighted by Crippen LogP contribution is 2.45. The van der Waals surface area contributed by atoms with Gasteiger partial charge in [-0.1, -0.05) is 6.92 Å². The molecule has 1 fully saturated rings. The van der Waals surface area contributed by atoms with E-state index in [2.05, 4.69) is 21.5 Å². The number of methoxy groups -OCH3 is 1. The Bertz CT molecular complexity index is 580. The van der Waals surface area contributed by atoms with Crippen LogP contribution in [0.25, 0.3) is 11.2 Å². The number of pyridine rings is 1. The molecule has 0 radical (unpaired) electrons. The minimum absolute atomic E-state index is 0.109. The Labute approximate surface area is 106 Å². The number of aromatic nitrogens is 3. The molecule has 0 atom stereocenters. The fraction of sp³-hybridized carbons (Fsp3) is 0.538. The zero-order valence-corrected chi connectivity index (χ0v) is 10.8. The Balaban J connectivity index is 2.23. The average Bonchev–Trinajstić information content (AvgIpc) is 2.65. The largest absolute Gasteiger partial charge is 0.481 e. The standard InChI is InChI=1S/C13H18N4O/c1-3-13(7-4-8-13)17-11-9(15-12(17)14)5-6-10(16-11)18-2/h5-6H,3-4,7-8H2,1-2H3,(H2,14,15). The van der Waals surface area contributed by atoms with Gasteiger partial charge in [0.2, 0.25) is 11.8 Å². The van der Waals surface area contributed by atoms with Crippen molar-refractivity contribution in [2.45, 2.75) is 38.1 Å². The zero-order valence-electron chi connectivity index (χ0n) is 10.8. The molecule has 2 N–H and O–H groups in total. The number of hydrogen-bond acceptors (Lipinski definition) is 4. The number of fused-ring (bicyclic) bond motifs is 1. The Morgan fingerprint density at radius 3 is 2.72 bits per heavy atom. The van der Waals surface area contributed by atoms with Crippen LogP contribution in [0.1, 0.15) is 32.6 Å². The molecule has 1 aliphatic carbocycles. The summed E-state index contributed by atoms with van der Waals surface area (Å²) in [5, 5.41) is 0. The molecule has 3 rings (SSSR count). The third kappa shape index (κ3) is 1.39. The summed E-state index contributed by atoms with van der Waals surface area (Å²) in [6.45, 7) is 2.20. The van der Waals surface area contributed by atoms with Gasteiger partial charge in [-0.05, 0) is 31.7 Å². The van der Waals surface area contributed by atoms with Crippen molar-refractivity contribution in [1.29, 1.82) is 0 Å². The lowest BCUT2D eigenvalue weighted by Gasteiger charge is -2.43. The number of nitrogens with two attached hydrogens (primary N) is 1. The summed E-state index contributed by atoms with van der Waals surface area (Å²) in [6, 6.07) is 3.73. The van der Waals surface area contributed by atoms with E-state index in [0.717, 1.165) is 30.4 Å². The van der Waals surface area contributed by atoms with E-state index in [1.807, 2.05) is 12.1 Å². The van der Waals surface area contributed by atoms with Crippen LogP contribution in [0.3, 0.4) is 0 Å². The van der Waals surface area contributed by atoms with E-state index in [-0.39, 0.29) is 5.54 Å². The van der Waals surface area contributed by atoms with Gasteiger partial charge in [0.25, 0.3) is 0 Å². The summed E-state index contributed by atoms with van der Waals surface area (Å²) in [7, 11) is 1.62. The number of imidazole rings is 1. The summed E-state index contributed by atoms with van der Waals surface area (Å²) in [5.74, 6) is 1.17. The first kappa shape index (κ1) is 11.3. The van der Waals surface area contributed by atoms with Crippen LogP contribution in [0.4, 0.5) is 5.95 Å². The van der Waals surface area contributed by atoms with Crippen LogP contribution in [0.15, 0.2) is 12.1 Å². The maximum Gasteiger partial charge on any atom is 0.215 e. The van der Waals surface area contributed by atoms with Crippen molar-refractivity contribution in [3.8, 4) is 5.88 Å². The lowest BCUT2D eigenvalue weighted by atomic mass is 9.74. The lowest BCUT2D eigenvalue weighted by molar-refractivity contribution is 0.144. The first-order valence-electron chi connectivity index (χ1n) is 6.39. The van der Waals surface area contributed by atoms with Gasteiger partial charge >= 0.3 is 0 Å². The smallest absolute Gasteiger partial charge is 0.215 e. The monoisotopic (exact) mass is 246 g/mol. The summed E-state index contributed by atoms with van der Waals surface area (Å²) in [6.07, 6.45) is 4.61. The van der Waals surface area contributed by atoms with Gasteiger partial charge in [0.15, 0.2) is 5.65 Å². The van der Waals surface area contributed by atoms with Crippen molar-refractivity contribution >= 4 is 17.1 Å². The first-order chi connectivity index (χ1) is 8.70. The van der Waals surface area contributed by atoms with Crippen LogP contribution in [0.2, 0.25) is 0 Å². The van der Waals surface area contributed by atoms with E-state index in [0.29, 0.717) is 11.8 Å². The number of nitrogens with zero attached hydrogens (tertiary/aromatic N) is 3. The molecule has 2 aromatic heterocycles. The molecule has 0 saturated heterocycles. The van der Waals surface area contributed by atoms with E-state index >= 15 is 0 Å². The van der Waals surface area contributed by atoms with Gasteiger partial charge in [-0.3, -0.25) is 4.57 Å². The van der Waals surface area contributed by atoms with Gasteiger partial charge in [-0.2, -0.15) is 4.98 Å². The highest BCUT2D eigenvalue weighted by molar-refractivity contribution is 5.75. The van der Waals surface area contributed by atoms with Gasteiger partial charge in [0.05, 0.1) is 7.11 Å². The molecule has 5 nitrogen and oxygen atoms in total. The Kier molecular flexibility index (Phi) is 2.43. The fourth-order valence-electron chi connectivity index (χ4n) is 2.86. The van der Waals surface area contributed by atoms with Crippen LogP contribution < -0.4 is 10.5 Å². The lowest BCUT2D eigenvalue weighted by Crippen LogP contribution is -2.40. The molecule has 18 heavy (non-hydrogen) atoms. The van der Waals surface area contributed by atoms with E-state index in [1.54, 1.807) is 7.11 Å². The molecule has 0 bridgehead atoms. The van der Waals surface area contributed by atoms with Crippen LogP contribution >= 0.6 is 0 Å². The summed E-state index contributed by atoms with van der Waals surface area (Å²) >= 11 is 0. The predicted octanol–water partition coefficient (Wildman–Crippen LogP) is 2.31. The highest BCUT2D eigenvalue weighted by atomic mass is 16.5. The Morgan fingerprint density at radius 2 is 2.17 bits per heavy atom. The molecule has 96 valence electrons. The van der Waals surface area contributed by atoms with Crippen molar-refractivity contribution in [3.05, 3.63) is 12.1 Å². The SMILES string of the molecule is CCC1(n2c(N)nc3ccc(OC)nc32)CCC1. The van der Waals surface area contributed by atoms with Crippen molar-refractivity contribution in [2.75, 3.05) is 12.8 Å². The maximum atomic E-state index is 6.09. The highest BCUT2D eigenvalue weighted by Gasteiger charge is 2.39. The molecule has 0 aromatic carbocycles. The third-order valence-corrected chi connectivity index (χ3v) is 4.13. The second-order valence-electron chi connectivity index (χ2n) is 4.93. The summed E-state index contributed by atoms with van der Waals surface area (Å²) < 4.78 is 7.30. The Morgan fingerprint density at radius 1 is 1.39 bits per heavy atom. The number of nitrogen functional groups attached to an aromatic ring is 1. The van der Waals surface area contributed by atoms with Crippen molar-refractivity contribution in [2.24, 2.45) is 0 Å². The molecule has 0 amide bonds. The third-order valence-electron chi connectivity index (χ3n) is 4.13. The normalized spacial score (nSPS) is 17.7. The number of ether oxygens (including phenoxy) is 1. The van der Waals surface area contributed by atoms with Crippen LogP contribution in [-0.4, -0.2) is 21.6 Å². The Hall–Kier alpha value is -1.78. The maximum absolute atomic E-state index is 6.09. The van der Waals surface area contributed by atoms with Gasteiger partial charge in [-0.15, -0.1) is 0 Å². The van der Waals surface area contributed by atoms with Gasteiger partial charge in [0.1, 0.15) is 5.52 Å². The van der Waals surface area contributed by atoms with Crippen LogP contribution in [-0.2, 0) is 5.54 Å². The molecular formula is C13H18N4O. The second kappa shape index (κ2) is 3.86. The summed E-state index contributed by atoms with van der Waals surface area (Å²) in [5.41, 5.74) is 7.88. The molecule has 5 heteroatoms. The predicted molar refractivity (Wildman–Crippen MR) is 70.6 cm³/mol. The average molecular weight is 246 g/mol. The zero-order chi connectivity index (χ0) is 12.8. The molecule has 0 spiro atoms. The van der Waals surface area contributed by atoms with Gasteiger partial charge in [-0.25, -0.2) is 4.98 Å². The second-order valence-corrected chi connectivity index (χ2v) is 4.93. The molecule has 2 heterocycles. The number of anilines is 1. The fourth-order valence-corrected chi connectivity index (χ4v) is 2.86. The van der Waals surface area contributed by atoms with Crippen molar-refractivity contribution in [3.63, 3.8) is 0 Å². The number of rotatable bonds is 3. The first-order valence-corrected chi connectivity index (χ1v) is 6.39. The topological polar surface area (TPSA) is 66.0 Å². The minimum atomic E-state index is 0.109. The summed E-state index contributed by atoms with van der Waals surface area (Å²) in [4.78, 5) is 8.92. The molecule has 1 aliphatic rings. The minimum Gasteiger partial charge on any atom is -0.481 e. The number of hydrogen-bond donors (Lipinski definition) is 1. The van der Waals surface area contributed by atoms with E-state index in [9.17, 15) is 0 Å². The van der Waals surface area contributed by atoms with Crippen molar-refractivity contribution in [1.82, 2.24) is 14.5 Å². The van der Waals surface area contributed by atoms with Crippen molar-refractivity contribution < 1.29 is 4.74 Å². The molecule has 0 aliphatic heterocycles. The van der Waals surface area contributed by atoms with Gasteiger partial charge < -0.3 is 10.5 Å². The van der Waals surface area contributed by atoms with Crippen LogP contribution in [0.5, 0.6) is 5.88 Å². The van der Waals surface area contributed by atoms with Crippen LogP contribution in [0, 0.1) is 0 Å². The molecule has 2 aromatic rings. The molecule has 1 saturated carbocycles. The molecule has 0 unspecified atom stereocenters. The quantitative estimate of drug-likeness (QED) is 0.902.